The molecule has 0 aliphatic carbocycles. The Bertz CT molecular complexity index is 850. The van der Waals surface area contributed by atoms with Crippen molar-refractivity contribution in [3.05, 3.63) is 64.8 Å². The van der Waals surface area contributed by atoms with E-state index in [0.29, 0.717) is 27.9 Å². The summed E-state index contributed by atoms with van der Waals surface area (Å²) in [5.74, 6) is -0.315. The van der Waals surface area contributed by atoms with Crippen molar-refractivity contribution >= 4 is 21.6 Å². The molecule has 0 atom stereocenters. The third kappa shape index (κ3) is 1.96. The maximum Gasteiger partial charge on any atom is 0.271 e. The van der Waals surface area contributed by atoms with E-state index in [1.807, 2.05) is 0 Å². The van der Waals surface area contributed by atoms with Crippen molar-refractivity contribution in [2.24, 2.45) is 0 Å². The molecule has 3 nitrogen and oxygen atoms in total. The molecule has 2 aromatic heterocycles. The van der Waals surface area contributed by atoms with Crippen molar-refractivity contribution in [3.63, 3.8) is 0 Å². The van der Waals surface area contributed by atoms with Crippen molar-refractivity contribution in [3.8, 4) is 11.1 Å². The topological polar surface area (TPSA) is 34.9 Å². The lowest BCUT2D eigenvalue weighted by atomic mass is 10.1. The van der Waals surface area contributed by atoms with Crippen LogP contribution in [-0.4, -0.2) is 9.55 Å². The largest absolute Gasteiger partial charge is 0.294 e. The predicted molar refractivity (Wildman–Crippen MR) is 79.5 cm³/mol. The van der Waals surface area contributed by atoms with Gasteiger partial charge in [-0.2, -0.15) is 0 Å². The molecule has 0 aliphatic rings. The van der Waals surface area contributed by atoms with E-state index in [-0.39, 0.29) is 11.4 Å². The number of aromatic nitrogens is 2. The van der Waals surface area contributed by atoms with E-state index in [9.17, 15) is 9.18 Å². The van der Waals surface area contributed by atoms with Gasteiger partial charge < -0.3 is 0 Å². The third-order valence-electron chi connectivity index (χ3n) is 3.04. The smallest absolute Gasteiger partial charge is 0.271 e. The Kier molecular flexibility index (Phi) is 3.20. The highest BCUT2D eigenvalue weighted by atomic mass is 32.1. The van der Waals surface area contributed by atoms with Crippen LogP contribution in [0.25, 0.3) is 21.3 Å². The van der Waals surface area contributed by atoms with E-state index < -0.39 is 0 Å². The molecule has 0 aliphatic heterocycles. The quantitative estimate of drug-likeness (QED) is 0.691. The van der Waals surface area contributed by atoms with Crippen molar-refractivity contribution < 1.29 is 4.39 Å². The van der Waals surface area contributed by atoms with Crippen molar-refractivity contribution in [2.45, 2.75) is 6.54 Å². The Morgan fingerprint density at radius 3 is 2.90 bits per heavy atom. The minimum Gasteiger partial charge on any atom is -0.294 e. The summed E-state index contributed by atoms with van der Waals surface area (Å²) in [4.78, 5) is 16.5. The van der Waals surface area contributed by atoms with E-state index in [4.69, 9.17) is 0 Å². The van der Waals surface area contributed by atoms with Gasteiger partial charge >= 0.3 is 0 Å². The highest BCUT2D eigenvalue weighted by Gasteiger charge is 2.14. The molecule has 0 saturated carbocycles. The van der Waals surface area contributed by atoms with Crippen LogP contribution in [0.2, 0.25) is 0 Å². The zero-order valence-corrected chi connectivity index (χ0v) is 11.4. The standard InChI is InChI=1S/C15H11FN2OS/c1-2-7-18-9-17-13-11(8-20-14(13)15(18)19)10-5-3-4-6-12(10)16/h2-6,8-9H,1,7H2. The second kappa shape index (κ2) is 5.02. The fraction of sp³-hybridized carbons (Fsp3) is 0.0667. The zero-order chi connectivity index (χ0) is 14.1. The number of halogens is 1. The van der Waals surface area contributed by atoms with Gasteiger partial charge in [-0.15, -0.1) is 17.9 Å². The molecule has 0 amide bonds. The van der Waals surface area contributed by atoms with Crippen LogP contribution < -0.4 is 5.56 Å². The number of nitrogens with zero attached hydrogens (tertiary/aromatic N) is 2. The maximum absolute atomic E-state index is 13.9. The van der Waals surface area contributed by atoms with Gasteiger partial charge in [0.1, 0.15) is 10.5 Å². The van der Waals surface area contributed by atoms with Crippen molar-refractivity contribution in [2.75, 3.05) is 0 Å². The number of hydrogen-bond acceptors (Lipinski definition) is 3. The van der Waals surface area contributed by atoms with Crippen LogP contribution in [0.5, 0.6) is 0 Å². The molecular formula is C15H11FN2OS. The Labute approximate surface area is 118 Å². The maximum atomic E-state index is 13.9. The number of benzene rings is 1. The number of hydrogen-bond donors (Lipinski definition) is 0. The van der Waals surface area contributed by atoms with Crippen molar-refractivity contribution in [1.82, 2.24) is 9.55 Å². The Morgan fingerprint density at radius 2 is 2.15 bits per heavy atom. The zero-order valence-electron chi connectivity index (χ0n) is 10.5. The Balaban J connectivity index is 2.26. The van der Waals surface area contributed by atoms with Crippen molar-refractivity contribution in [1.29, 1.82) is 0 Å². The fourth-order valence-corrected chi connectivity index (χ4v) is 3.05. The van der Waals surface area contributed by atoms with Gasteiger partial charge in [-0.25, -0.2) is 9.37 Å². The molecule has 100 valence electrons. The number of thiophene rings is 1. The molecule has 1 aromatic carbocycles. The van der Waals surface area contributed by atoms with Crippen LogP contribution in [0.1, 0.15) is 0 Å². The van der Waals surface area contributed by atoms with Crippen LogP contribution in [0, 0.1) is 5.82 Å². The summed E-state index contributed by atoms with van der Waals surface area (Å²) in [6.45, 7) is 4.02. The average molecular weight is 286 g/mol. The summed E-state index contributed by atoms with van der Waals surface area (Å²) in [6, 6.07) is 6.49. The van der Waals surface area contributed by atoms with Gasteiger partial charge in [-0.1, -0.05) is 24.3 Å². The fourth-order valence-electron chi connectivity index (χ4n) is 2.08. The average Bonchev–Trinajstić information content (AvgIpc) is 2.87. The first-order valence-corrected chi connectivity index (χ1v) is 6.92. The lowest BCUT2D eigenvalue weighted by Crippen LogP contribution is -2.18. The van der Waals surface area contributed by atoms with Gasteiger partial charge in [0, 0.05) is 23.1 Å². The molecule has 0 N–H and O–H groups in total. The molecule has 2 heterocycles. The van der Waals surface area contributed by atoms with Crippen LogP contribution in [0.4, 0.5) is 4.39 Å². The van der Waals surface area contributed by atoms with Gasteiger partial charge in [0.2, 0.25) is 0 Å². The molecular weight excluding hydrogens is 275 g/mol. The second-order valence-electron chi connectivity index (χ2n) is 4.30. The first-order chi connectivity index (χ1) is 9.72. The SMILES string of the molecule is C=CCn1cnc2c(-c3ccccc3F)csc2c1=O. The van der Waals surface area contributed by atoms with Crippen LogP contribution in [-0.2, 0) is 6.54 Å². The van der Waals surface area contributed by atoms with Crippen LogP contribution in [0.3, 0.4) is 0 Å². The molecule has 3 rings (SSSR count). The van der Waals surface area contributed by atoms with E-state index in [0.717, 1.165) is 0 Å². The summed E-state index contributed by atoms with van der Waals surface area (Å²) >= 11 is 1.29. The number of fused-ring (bicyclic) bond motifs is 1. The van der Waals surface area contributed by atoms with E-state index in [1.54, 1.807) is 29.7 Å². The molecule has 0 fully saturated rings. The first kappa shape index (κ1) is 12.7. The normalized spacial score (nSPS) is 10.8. The molecule has 0 bridgehead atoms. The summed E-state index contributed by atoms with van der Waals surface area (Å²) in [7, 11) is 0. The van der Waals surface area contributed by atoms with E-state index >= 15 is 0 Å². The third-order valence-corrected chi connectivity index (χ3v) is 3.99. The van der Waals surface area contributed by atoms with Gasteiger partial charge in [-0.3, -0.25) is 9.36 Å². The summed E-state index contributed by atoms with van der Waals surface area (Å²) < 4.78 is 15.9. The van der Waals surface area contributed by atoms with Gasteiger partial charge in [0.25, 0.3) is 5.56 Å². The molecule has 3 aromatic rings. The molecule has 0 radical (unpaired) electrons. The lowest BCUT2D eigenvalue weighted by molar-refractivity contribution is 0.631. The minimum atomic E-state index is -0.315. The van der Waals surface area contributed by atoms with Crippen LogP contribution in [0.15, 0.2) is 53.4 Å². The first-order valence-electron chi connectivity index (χ1n) is 6.05. The minimum absolute atomic E-state index is 0.123. The summed E-state index contributed by atoms with van der Waals surface area (Å²) in [5, 5.41) is 1.77. The molecule has 5 heteroatoms. The Morgan fingerprint density at radius 1 is 1.35 bits per heavy atom. The van der Waals surface area contributed by atoms with Gasteiger partial charge in [0.15, 0.2) is 0 Å². The van der Waals surface area contributed by atoms with E-state index in [1.165, 1.54) is 28.3 Å². The molecule has 0 spiro atoms. The second-order valence-corrected chi connectivity index (χ2v) is 5.18. The van der Waals surface area contributed by atoms with Crippen LogP contribution >= 0.6 is 11.3 Å². The Hall–Kier alpha value is -2.27. The molecule has 20 heavy (non-hydrogen) atoms. The highest BCUT2D eigenvalue weighted by molar-refractivity contribution is 7.17. The molecule has 0 unspecified atom stereocenters. The lowest BCUT2D eigenvalue weighted by Gasteiger charge is -2.03. The molecule has 0 saturated heterocycles. The van der Waals surface area contributed by atoms with Gasteiger partial charge in [-0.05, 0) is 6.07 Å². The monoisotopic (exact) mass is 286 g/mol. The highest BCUT2D eigenvalue weighted by Crippen LogP contribution is 2.32. The summed E-state index contributed by atoms with van der Waals surface area (Å²) in [6.07, 6.45) is 3.11. The van der Waals surface area contributed by atoms with Gasteiger partial charge in [0.05, 0.1) is 11.8 Å². The van der Waals surface area contributed by atoms with E-state index in [2.05, 4.69) is 11.6 Å². The summed E-state index contributed by atoms with van der Waals surface area (Å²) in [5.41, 5.74) is 1.55. The number of rotatable bonds is 3. The predicted octanol–water partition coefficient (Wildman–Crippen LogP) is 3.45. The number of allylic oxidation sites excluding steroid dienone is 1.